The van der Waals surface area contributed by atoms with Gasteiger partial charge in [-0.1, -0.05) is 0 Å². The Bertz CT molecular complexity index is 624. The molecule has 19 heavy (non-hydrogen) atoms. The molecule has 2 aromatic rings. The highest BCUT2D eigenvalue weighted by Crippen LogP contribution is 2.29. The van der Waals surface area contributed by atoms with E-state index in [2.05, 4.69) is 4.98 Å². The maximum atomic E-state index is 13.2. The number of carbonyl (C=O) groups excluding carboxylic acids is 1. The molecule has 0 aliphatic rings. The van der Waals surface area contributed by atoms with Crippen molar-refractivity contribution in [1.82, 2.24) is 9.55 Å². The van der Waals surface area contributed by atoms with Gasteiger partial charge in [-0.25, -0.2) is 9.37 Å². The van der Waals surface area contributed by atoms with Gasteiger partial charge in [0.1, 0.15) is 11.6 Å². The molecule has 1 aromatic carbocycles. The normalized spacial score (nSPS) is 14.5. The Kier molecular flexibility index (Phi) is 3.75. The van der Waals surface area contributed by atoms with Crippen LogP contribution in [0.3, 0.4) is 0 Å². The molecule has 102 valence electrons. The van der Waals surface area contributed by atoms with Crippen molar-refractivity contribution in [3.8, 4) is 0 Å². The average Bonchev–Trinajstić information content (AvgIpc) is 2.66. The Morgan fingerprint density at radius 3 is 2.79 bits per heavy atom. The summed E-state index contributed by atoms with van der Waals surface area (Å²) < 4.78 is 15.1. The van der Waals surface area contributed by atoms with E-state index in [4.69, 9.17) is 17.3 Å². The third-order valence-electron chi connectivity index (χ3n) is 2.97. The Hall–Kier alpha value is -1.62. The van der Waals surface area contributed by atoms with E-state index < -0.39 is 5.91 Å². The minimum Gasteiger partial charge on any atom is -0.370 e. The van der Waals surface area contributed by atoms with Gasteiger partial charge >= 0.3 is 0 Å². The molecule has 1 amide bonds. The zero-order valence-corrected chi connectivity index (χ0v) is 11.5. The number of alkyl halides is 1. The van der Waals surface area contributed by atoms with E-state index in [0.29, 0.717) is 11.3 Å². The van der Waals surface area contributed by atoms with Gasteiger partial charge in [-0.2, -0.15) is 0 Å². The molecule has 0 saturated carbocycles. The van der Waals surface area contributed by atoms with Crippen molar-refractivity contribution in [1.29, 1.82) is 0 Å². The SMILES string of the molecule is CC(Cl)c1nc2cc(F)ccc2n1C(C)CC(N)=O. The quantitative estimate of drug-likeness (QED) is 0.877. The smallest absolute Gasteiger partial charge is 0.219 e. The monoisotopic (exact) mass is 283 g/mol. The molecule has 6 heteroatoms. The van der Waals surface area contributed by atoms with Crippen molar-refractivity contribution in [2.24, 2.45) is 5.73 Å². The van der Waals surface area contributed by atoms with Crippen LogP contribution < -0.4 is 5.73 Å². The van der Waals surface area contributed by atoms with Gasteiger partial charge in [0.25, 0.3) is 0 Å². The molecule has 0 radical (unpaired) electrons. The lowest BCUT2D eigenvalue weighted by molar-refractivity contribution is -0.118. The Morgan fingerprint density at radius 2 is 2.21 bits per heavy atom. The summed E-state index contributed by atoms with van der Waals surface area (Å²) in [6.07, 6.45) is 0.180. The van der Waals surface area contributed by atoms with Crippen LogP contribution in [0.5, 0.6) is 0 Å². The topological polar surface area (TPSA) is 60.9 Å². The van der Waals surface area contributed by atoms with Crippen molar-refractivity contribution in [2.45, 2.75) is 31.7 Å². The highest BCUT2D eigenvalue weighted by atomic mass is 35.5. The number of fused-ring (bicyclic) bond motifs is 1. The van der Waals surface area contributed by atoms with Crippen molar-refractivity contribution >= 4 is 28.5 Å². The lowest BCUT2D eigenvalue weighted by atomic mass is 10.2. The van der Waals surface area contributed by atoms with Crippen molar-refractivity contribution < 1.29 is 9.18 Å². The van der Waals surface area contributed by atoms with Crippen LogP contribution in [0.25, 0.3) is 11.0 Å². The second-order valence-electron chi connectivity index (χ2n) is 4.61. The Balaban J connectivity index is 2.61. The van der Waals surface area contributed by atoms with E-state index in [0.717, 1.165) is 5.52 Å². The zero-order chi connectivity index (χ0) is 14.2. The molecule has 2 N–H and O–H groups in total. The molecular formula is C13H15ClFN3O. The standard InChI is InChI=1S/C13H15ClFN3O/c1-7(5-12(16)19)18-11-4-3-9(15)6-10(11)17-13(18)8(2)14/h3-4,6-8H,5H2,1-2H3,(H2,16,19). The number of hydrogen-bond acceptors (Lipinski definition) is 2. The number of primary amides is 1. The lowest BCUT2D eigenvalue weighted by Crippen LogP contribution is -2.19. The minimum atomic E-state index is -0.398. The van der Waals surface area contributed by atoms with Gasteiger partial charge in [0.15, 0.2) is 0 Å². The van der Waals surface area contributed by atoms with Crippen molar-refractivity contribution in [2.75, 3.05) is 0 Å². The molecular weight excluding hydrogens is 269 g/mol. The molecule has 0 spiro atoms. The summed E-state index contributed by atoms with van der Waals surface area (Å²) in [5.74, 6) is -0.144. The van der Waals surface area contributed by atoms with Gasteiger partial charge in [-0.05, 0) is 26.0 Å². The van der Waals surface area contributed by atoms with Gasteiger partial charge < -0.3 is 10.3 Å². The fourth-order valence-corrected chi connectivity index (χ4v) is 2.37. The molecule has 2 rings (SSSR count). The molecule has 4 nitrogen and oxygen atoms in total. The van der Waals surface area contributed by atoms with E-state index >= 15 is 0 Å². The molecule has 1 heterocycles. The van der Waals surface area contributed by atoms with Gasteiger partial charge in [0.05, 0.1) is 16.4 Å². The largest absolute Gasteiger partial charge is 0.370 e. The predicted octanol–water partition coefficient (Wildman–Crippen LogP) is 2.91. The number of amides is 1. The molecule has 0 aliphatic carbocycles. The van der Waals surface area contributed by atoms with Crippen LogP contribution in [0, 0.1) is 5.82 Å². The lowest BCUT2D eigenvalue weighted by Gasteiger charge is -2.17. The summed E-state index contributed by atoms with van der Waals surface area (Å²) in [4.78, 5) is 15.4. The van der Waals surface area contributed by atoms with Gasteiger partial charge in [0.2, 0.25) is 5.91 Å². The molecule has 0 aliphatic heterocycles. The Labute approximate surface area is 115 Å². The van der Waals surface area contributed by atoms with Crippen LogP contribution in [0.15, 0.2) is 18.2 Å². The number of carbonyl (C=O) groups is 1. The second kappa shape index (κ2) is 5.17. The minimum absolute atomic E-state index is 0.177. The van der Waals surface area contributed by atoms with Crippen molar-refractivity contribution in [3.05, 3.63) is 29.8 Å². The van der Waals surface area contributed by atoms with Crippen LogP contribution >= 0.6 is 11.6 Å². The number of aromatic nitrogens is 2. The van der Waals surface area contributed by atoms with Gasteiger partial charge in [0, 0.05) is 18.5 Å². The highest BCUT2D eigenvalue weighted by Gasteiger charge is 2.20. The fourth-order valence-electron chi connectivity index (χ4n) is 2.22. The number of benzene rings is 1. The van der Waals surface area contributed by atoms with Gasteiger partial charge in [-0.15, -0.1) is 11.6 Å². The molecule has 0 bridgehead atoms. The van der Waals surface area contributed by atoms with E-state index in [9.17, 15) is 9.18 Å². The zero-order valence-electron chi connectivity index (χ0n) is 10.7. The summed E-state index contributed by atoms with van der Waals surface area (Å²) in [6.45, 7) is 3.64. The van der Waals surface area contributed by atoms with Crippen molar-refractivity contribution in [3.63, 3.8) is 0 Å². The fraction of sp³-hybridized carbons (Fsp3) is 0.385. The first-order valence-electron chi connectivity index (χ1n) is 6.00. The number of nitrogens with two attached hydrogens (primary N) is 1. The molecule has 1 aromatic heterocycles. The summed E-state index contributed by atoms with van der Waals surface area (Å²) in [5.41, 5.74) is 6.50. The number of hydrogen-bond donors (Lipinski definition) is 1. The van der Waals surface area contributed by atoms with E-state index in [1.165, 1.54) is 12.1 Å². The van der Waals surface area contributed by atoms with Crippen LogP contribution in [-0.4, -0.2) is 15.5 Å². The summed E-state index contributed by atoms with van der Waals surface area (Å²) in [6, 6.07) is 4.17. The average molecular weight is 284 g/mol. The maximum absolute atomic E-state index is 13.2. The second-order valence-corrected chi connectivity index (χ2v) is 5.26. The summed E-state index contributed by atoms with van der Waals surface area (Å²) >= 11 is 6.11. The number of rotatable bonds is 4. The first kappa shape index (κ1) is 13.8. The van der Waals surface area contributed by atoms with Crippen LogP contribution in [0.1, 0.15) is 37.5 Å². The van der Waals surface area contributed by atoms with Gasteiger partial charge in [-0.3, -0.25) is 4.79 Å². The molecule has 2 atom stereocenters. The number of halogens is 2. The van der Waals surface area contributed by atoms with E-state index in [1.807, 2.05) is 11.5 Å². The van der Waals surface area contributed by atoms with Crippen LogP contribution in [0.2, 0.25) is 0 Å². The van der Waals surface area contributed by atoms with E-state index in [1.54, 1.807) is 13.0 Å². The third-order valence-corrected chi connectivity index (χ3v) is 3.17. The molecule has 0 saturated heterocycles. The summed E-state index contributed by atoms with van der Waals surface area (Å²) in [5, 5.41) is -0.342. The molecule has 0 fully saturated rings. The maximum Gasteiger partial charge on any atom is 0.219 e. The predicted molar refractivity (Wildman–Crippen MR) is 72.5 cm³/mol. The highest BCUT2D eigenvalue weighted by molar-refractivity contribution is 6.20. The van der Waals surface area contributed by atoms with Crippen LogP contribution in [-0.2, 0) is 4.79 Å². The first-order valence-corrected chi connectivity index (χ1v) is 6.43. The van der Waals surface area contributed by atoms with E-state index in [-0.39, 0.29) is 23.7 Å². The number of nitrogens with zero attached hydrogens (tertiary/aromatic N) is 2. The number of imidazole rings is 1. The molecule has 2 unspecified atom stereocenters. The Morgan fingerprint density at radius 1 is 1.53 bits per heavy atom. The first-order chi connectivity index (χ1) is 8.90. The summed E-state index contributed by atoms with van der Waals surface area (Å²) in [7, 11) is 0. The van der Waals surface area contributed by atoms with Crippen LogP contribution in [0.4, 0.5) is 4.39 Å². The third kappa shape index (κ3) is 2.71.